The zero-order valence-corrected chi connectivity index (χ0v) is 16.1. The summed E-state index contributed by atoms with van der Waals surface area (Å²) in [7, 11) is 4.31. The Morgan fingerprint density at radius 1 is 1.11 bits per heavy atom. The lowest BCUT2D eigenvalue weighted by atomic mass is 10.1. The summed E-state index contributed by atoms with van der Waals surface area (Å²) in [6, 6.07) is 2.95. The number of nitrogens with zero attached hydrogens (tertiary/aromatic N) is 2. The van der Waals surface area contributed by atoms with Gasteiger partial charge in [0.1, 0.15) is 23.7 Å². The zero-order valence-electron chi connectivity index (χ0n) is 16.1. The number of nitrogens with one attached hydrogen (secondary N) is 1. The van der Waals surface area contributed by atoms with Crippen molar-refractivity contribution in [1.29, 1.82) is 0 Å². The predicted octanol–water partition coefficient (Wildman–Crippen LogP) is 1.37. The minimum atomic E-state index is -0.682. The number of hydrogen-bond acceptors (Lipinski definition) is 7. The number of amides is 3. The number of hydrogen-bond donors (Lipinski definition) is 1. The standard InChI is InChI=1S/C19H23N3O6/c1-26-15-10-14(21-6-4-5-7-21)16(27-2)9-12(15)8-13-18(24)22(19(25)20-13)11-17(23)28-3/h8-10H,4-7,11H2,1-3H3,(H,20,25)/b13-8+. The third-order valence-electron chi connectivity index (χ3n) is 4.75. The zero-order chi connectivity index (χ0) is 20.3. The largest absolute Gasteiger partial charge is 0.496 e. The normalized spacial score (nSPS) is 17.9. The van der Waals surface area contributed by atoms with Gasteiger partial charge in [0.25, 0.3) is 5.91 Å². The van der Waals surface area contributed by atoms with Crippen molar-refractivity contribution in [3.05, 3.63) is 23.4 Å². The molecule has 1 aromatic carbocycles. The quantitative estimate of drug-likeness (QED) is 0.446. The van der Waals surface area contributed by atoms with Crippen molar-refractivity contribution in [2.75, 3.05) is 45.9 Å². The number of benzene rings is 1. The van der Waals surface area contributed by atoms with Crippen LogP contribution in [0.15, 0.2) is 17.8 Å². The second-order valence-electron chi connectivity index (χ2n) is 6.42. The molecule has 0 bridgehead atoms. The number of anilines is 1. The van der Waals surface area contributed by atoms with E-state index in [1.807, 2.05) is 6.07 Å². The molecule has 0 radical (unpaired) electrons. The Hall–Kier alpha value is -3.23. The molecule has 150 valence electrons. The summed E-state index contributed by atoms with van der Waals surface area (Å²) in [5, 5.41) is 2.47. The fourth-order valence-corrected chi connectivity index (χ4v) is 3.29. The molecular weight excluding hydrogens is 366 g/mol. The number of esters is 1. The lowest BCUT2D eigenvalue weighted by Crippen LogP contribution is -2.36. The molecule has 1 aromatic rings. The summed E-state index contributed by atoms with van der Waals surface area (Å²) in [6.07, 6.45) is 3.74. The average molecular weight is 389 g/mol. The van der Waals surface area contributed by atoms with Crippen LogP contribution in [0.3, 0.4) is 0 Å². The molecule has 28 heavy (non-hydrogen) atoms. The second-order valence-corrected chi connectivity index (χ2v) is 6.42. The predicted molar refractivity (Wildman–Crippen MR) is 101 cm³/mol. The average Bonchev–Trinajstić information content (AvgIpc) is 3.32. The van der Waals surface area contributed by atoms with Gasteiger partial charge in [-0.25, -0.2) is 9.69 Å². The fourth-order valence-electron chi connectivity index (χ4n) is 3.29. The minimum absolute atomic E-state index is 0.0446. The van der Waals surface area contributed by atoms with Gasteiger partial charge in [0, 0.05) is 24.7 Å². The number of carbonyl (C=O) groups excluding carboxylic acids is 3. The molecule has 0 spiro atoms. The van der Waals surface area contributed by atoms with Crippen LogP contribution >= 0.6 is 0 Å². The van der Waals surface area contributed by atoms with E-state index < -0.39 is 24.5 Å². The molecule has 0 aromatic heterocycles. The van der Waals surface area contributed by atoms with Crippen molar-refractivity contribution in [3.8, 4) is 11.5 Å². The summed E-state index contributed by atoms with van der Waals surface area (Å²) >= 11 is 0. The van der Waals surface area contributed by atoms with Gasteiger partial charge in [-0.15, -0.1) is 0 Å². The highest BCUT2D eigenvalue weighted by molar-refractivity contribution is 6.15. The van der Waals surface area contributed by atoms with Crippen LogP contribution in [0.1, 0.15) is 18.4 Å². The third-order valence-corrected chi connectivity index (χ3v) is 4.75. The van der Waals surface area contributed by atoms with E-state index in [0.717, 1.165) is 36.5 Å². The topological polar surface area (TPSA) is 97.4 Å². The van der Waals surface area contributed by atoms with Crippen LogP contribution in [0.5, 0.6) is 11.5 Å². The van der Waals surface area contributed by atoms with Gasteiger partial charge in [-0.2, -0.15) is 0 Å². The first kappa shape index (κ1) is 19.5. The van der Waals surface area contributed by atoms with E-state index in [1.54, 1.807) is 13.2 Å². The lowest BCUT2D eigenvalue weighted by Gasteiger charge is -2.22. The number of carbonyl (C=O) groups is 3. The molecule has 2 fully saturated rings. The van der Waals surface area contributed by atoms with Gasteiger partial charge in [0.05, 0.1) is 27.0 Å². The molecular formula is C19H23N3O6. The van der Waals surface area contributed by atoms with Gasteiger partial charge in [-0.1, -0.05) is 0 Å². The van der Waals surface area contributed by atoms with Gasteiger partial charge in [0.2, 0.25) is 0 Å². The first-order chi connectivity index (χ1) is 13.5. The molecule has 2 aliphatic rings. The maximum atomic E-state index is 12.5. The lowest BCUT2D eigenvalue weighted by molar-refractivity contribution is -0.143. The van der Waals surface area contributed by atoms with E-state index >= 15 is 0 Å². The van der Waals surface area contributed by atoms with Crippen LogP contribution in [0, 0.1) is 0 Å². The Labute approximate surface area is 162 Å². The molecule has 0 unspecified atom stereocenters. The van der Waals surface area contributed by atoms with Gasteiger partial charge >= 0.3 is 12.0 Å². The molecule has 1 N–H and O–H groups in total. The van der Waals surface area contributed by atoms with Crippen molar-refractivity contribution in [3.63, 3.8) is 0 Å². The Morgan fingerprint density at radius 3 is 2.39 bits per heavy atom. The smallest absolute Gasteiger partial charge is 0.329 e. The van der Waals surface area contributed by atoms with Crippen LogP contribution in [0.25, 0.3) is 6.08 Å². The van der Waals surface area contributed by atoms with Crippen LogP contribution in [0.2, 0.25) is 0 Å². The van der Waals surface area contributed by atoms with E-state index in [0.29, 0.717) is 17.1 Å². The Bertz CT molecular complexity index is 829. The summed E-state index contributed by atoms with van der Waals surface area (Å²) < 4.78 is 15.5. The molecule has 0 saturated carbocycles. The van der Waals surface area contributed by atoms with Gasteiger partial charge in [-0.3, -0.25) is 9.59 Å². The first-order valence-electron chi connectivity index (χ1n) is 8.90. The van der Waals surface area contributed by atoms with Gasteiger partial charge in [-0.05, 0) is 25.0 Å². The molecule has 2 heterocycles. The molecule has 2 aliphatic heterocycles. The number of ether oxygens (including phenoxy) is 3. The number of rotatable bonds is 6. The fraction of sp³-hybridized carbons (Fsp3) is 0.421. The summed E-state index contributed by atoms with van der Waals surface area (Å²) in [6.45, 7) is 1.43. The van der Waals surface area contributed by atoms with E-state index in [1.165, 1.54) is 20.3 Å². The van der Waals surface area contributed by atoms with Crippen molar-refractivity contribution < 1.29 is 28.6 Å². The monoisotopic (exact) mass is 389 g/mol. The third kappa shape index (κ3) is 3.73. The van der Waals surface area contributed by atoms with E-state index in [9.17, 15) is 14.4 Å². The Kier molecular flexibility index (Phi) is 5.72. The first-order valence-corrected chi connectivity index (χ1v) is 8.90. The van der Waals surface area contributed by atoms with Crippen molar-refractivity contribution in [2.24, 2.45) is 0 Å². The molecule has 9 nitrogen and oxygen atoms in total. The van der Waals surface area contributed by atoms with Crippen LogP contribution in [-0.2, 0) is 14.3 Å². The van der Waals surface area contributed by atoms with E-state index in [4.69, 9.17) is 9.47 Å². The van der Waals surface area contributed by atoms with Gasteiger partial charge in [0.15, 0.2) is 0 Å². The van der Waals surface area contributed by atoms with E-state index in [-0.39, 0.29) is 5.70 Å². The minimum Gasteiger partial charge on any atom is -0.496 e. The Morgan fingerprint density at radius 2 is 1.79 bits per heavy atom. The highest BCUT2D eigenvalue weighted by atomic mass is 16.5. The SMILES string of the molecule is COC(=O)CN1C(=O)N/C(=C/c2cc(OC)c(N3CCCC3)cc2OC)C1=O. The molecule has 3 rings (SSSR count). The van der Waals surface area contributed by atoms with Crippen molar-refractivity contribution in [2.45, 2.75) is 12.8 Å². The van der Waals surface area contributed by atoms with Crippen LogP contribution < -0.4 is 19.7 Å². The molecule has 3 amide bonds. The van der Waals surface area contributed by atoms with E-state index in [2.05, 4.69) is 15.0 Å². The highest BCUT2D eigenvalue weighted by Gasteiger charge is 2.35. The number of imide groups is 1. The summed E-state index contributed by atoms with van der Waals surface area (Å²) in [5.41, 5.74) is 1.54. The summed E-state index contributed by atoms with van der Waals surface area (Å²) in [5.74, 6) is -0.0968. The van der Waals surface area contributed by atoms with Gasteiger partial charge < -0.3 is 24.4 Å². The number of urea groups is 1. The van der Waals surface area contributed by atoms with Crippen LogP contribution in [-0.4, -0.2) is 63.8 Å². The second kappa shape index (κ2) is 8.20. The van der Waals surface area contributed by atoms with Crippen molar-refractivity contribution in [1.82, 2.24) is 10.2 Å². The number of methoxy groups -OCH3 is 3. The van der Waals surface area contributed by atoms with Crippen LogP contribution in [0.4, 0.5) is 10.5 Å². The Balaban J connectivity index is 1.93. The maximum absolute atomic E-state index is 12.5. The highest BCUT2D eigenvalue weighted by Crippen LogP contribution is 2.38. The van der Waals surface area contributed by atoms with Crippen molar-refractivity contribution >= 4 is 29.7 Å². The molecule has 0 aliphatic carbocycles. The molecule has 9 heteroatoms. The molecule has 2 saturated heterocycles. The summed E-state index contributed by atoms with van der Waals surface area (Å²) in [4.78, 5) is 38.9. The maximum Gasteiger partial charge on any atom is 0.329 e. The molecule has 0 atom stereocenters.